The van der Waals surface area contributed by atoms with Gasteiger partial charge < -0.3 is 15.9 Å². The summed E-state index contributed by atoms with van der Waals surface area (Å²) >= 11 is 0. The number of aromatic hydroxyl groups is 2. The van der Waals surface area contributed by atoms with Gasteiger partial charge in [0.2, 0.25) is 0 Å². The van der Waals surface area contributed by atoms with Gasteiger partial charge in [0.05, 0.1) is 6.54 Å². The maximum atomic E-state index is 9.21. The number of phenolic OH excluding ortho intramolecular Hbond substituents is 2. The number of hydrogen-bond acceptors (Lipinski definition) is 3. The molecule has 0 aliphatic carbocycles. The summed E-state index contributed by atoms with van der Waals surface area (Å²) in [7, 11) is 0. The summed E-state index contributed by atoms with van der Waals surface area (Å²) in [6.07, 6.45) is 0. The smallest absolute Gasteiger partial charge is 0.134 e. The van der Waals surface area contributed by atoms with E-state index in [4.69, 9.17) is 5.73 Å². The molecule has 0 aliphatic heterocycles. The molecular weight excluding hydrogens is 154 g/mol. The minimum atomic E-state index is -0.0315. The van der Waals surface area contributed by atoms with Crippen molar-refractivity contribution < 1.29 is 10.2 Å². The van der Waals surface area contributed by atoms with Gasteiger partial charge in [0.15, 0.2) is 0 Å². The molecule has 0 saturated heterocycles. The van der Waals surface area contributed by atoms with Gasteiger partial charge in [-0.05, 0) is 12.1 Å². The van der Waals surface area contributed by atoms with E-state index in [1.54, 1.807) is 0 Å². The first-order valence-electron chi connectivity index (χ1n) is 3.45. The van der Waals surface area contributed by atoms with Crippen molar-refractivity contribution in [1.29, 1.82) is 0 Å². The first-order valence-corrected chi connectivity index (χ1v) is 3.45. The van der Waals surface area contributed by atoms with Crippen LogP contribution < -0.4 is 5.73 Å². The zero-order valence-electron chi connectivity index (χ0n) is 6.41. The Morgan fingerprint density at radius 2 is 1.83 bits per heavy atom. The third-order valence-corrected chi connectivity index (χ3v) is 1.34. The Labute approximate surface area is 70.5 Å². The van der Waals surface area contributed by atoms with Crippen molar-refractivity contribution in [3.8, 4) is 23.3 Å². The number of phenols is 2. The van der Waals surface area contributed by atoms with E-state index in [1.165, 1.54) is 18.2 Å². The van der Waals surface area contributed by atoms with Crippen LogP contribution in [0.4, 0.5) is 0 Å². The Kier molecular flexibility index (Phi) is 2.57. The van der Waals surface area contributed by atoms with Crippen LogP contribution in [0.1, 0.15) is 5.56 Å². The van der Waals surface area contributed by atoms with Gasteiger partial charge in [-0.2, -0.15) is 0 Å². The number of nitrogens with two attached hydrogens (primary N) is 1. The van der Waals surface area contributed by atoms with Crippen LogP contribution in [0.5, 0.6) is 11.5 Å². The molecule has 1 aromatic carbocycles. The molecule has 4 N–H and O–H groups in total. The van der Waals surface area contributed by atoms with Crippen molar-refractivity contribution in [2.24, 2.45) is 5.73 Å². The Morgan fingerprint density at radius 3 is 2.33 bits per heavy atom. The van der Waals surface area contributed by atoms with Gasteiger partial charge in [-0.3, -0.25) is 0 Å². The molecule has 0 aliphatic rings. The highest BCUT2D eigenvalue weighted by molar-refractivity contribution is 5.53. The number of hydrogen-bond donors (Lipinski definition) is 3. The maximum absolute atomic E-state index is 9.21. The molecule has 0 fully saturated rings. The summed E-state index contributed by atoms with van der Waals surface area (Å²) in [5.74, 6) is 5.05. The van der Waals surface area contributed by atoms with E-state index < -0.39 is 0 Å². The van der Waals surface area contributed by atoms with Gasteiger partial charge in [0.1, 0.15) is 17.1 Å². The van der Waals surface area contributed by atoms with Crippen LogP contribution in [0.2, 0.25) is 0 Å². The normalized spacial score (nSPS) is 8.75. The summed E-state index contributed by atoms with van der Waals surface area (Å²) in [5.41, 5.74) is 5.36. The molecule has 1 aromatic rings. The zero-order chi connectivity index (χ0) is 8.97. The molecule has 62 valence electrons. The van der Waals surface area contributed by atoms with Crippen LogP contribution in [-0.4, -0.2) is 16.8 Å². The van der Waals surface area contributed by atoms with Gasteiger partial charge in [-0.1, -0.05) is 17.9 Å². The van der Waals surface area contributed by atoms with Gasteiger partial charge in [-0.15, -0.1) is 0 Å². The Morgan fingerprint density at radius 1 is 1.25 bits per heavy atom. The van der Waals surface area contributed by atoms with Crippen molar-refractivity contribution in [3.05, 3.63) is 23.8 Å². The Bertz CT molecular complexity index is 316. The van der Waals surface area contributed by atoms with Gasteiger partial charge in [-0.25, -0.2) is 0 Å². The minimum Gasteiger partial charge on any atom is -0.507 e. The van der Waals surface area contributed by atoms with E-state index >= 15 is 0 Å². The summed E-state index contributed by atoms with van der Waals surface area (Å²) in [4.78, 5) is 0. The van der Waals surface area contributed by atoms with Crippen molar-refractivity contribution in [2.75, 3.05) is 6.54 Å². The molecule has 0 saturated carbocycles. The highest BCUT2D eigenvalue weighted by Gasteiger charge is 2.01. The number of rotatable bonds is 0. The zero-order valence-corrected chi connectivity index (χ0v) is 6.41. The lowest BCUT2D eigenvalue weighted by molar-refractivity contribution is 0.448. The van der Waals surface area contributed by atoms with E-state index in [0.29, 0.717) is 0 Å². The monoisotopic (exact) mass is 163 g/mol. The Balaban J connectivity index is 3.13. The van der Waals surface area contributed by atoms with E-state index in [2.05, 4.69) is 11.8 Å². The molecule has 0 bridgehead atoms. The second-order valence-corrected chi connectivity index (χ2v) is 2.18. The standard InChI is InChI=1S/C9H9NO2/c10-6-2-3-7-8(11)4-1-5-9(7)12/h1,4-5,11-12H,6,10H2. The van der Waals surface area contributed by atoms with Crippen LogP contribution in [0.15, 0.2) is 18.2 Å². The lowest BCUT2D eigenvalue weighted by atomic mass is 10.2. The molecule has 3 heteroatoms. The summed E-state index contributed by atoms with van der Waals surface area (Å²) < 4.78 is 0. The molecule has 0 unspecified atom stereocenters. The van der Waals surface area contributed by atoms with Crippen LogP contribution in [0.25, 0.3) is 0 Å². The third kappa shape index (κ3) is 1.68. The van der Waals surface area contributed by atoms with Crippen molar-refractivity contribution in [3.63, 3.8) is 0 Å². The quantitative estimate of drug-likeness (QED) is 0.485. The van der Waals surface area contributed by atoms with Crippen LogP contribution in [0.3, 0.4) is 0 Å². The topological polar surface area (TPSA) is 66.5 Å². The first-order chi connectivity index (χ1) is 5.75. The second-order valence-electron chi connectivity index (χ2n) is 2.18. The van der Waals surface area contributed by atoms with Gasteiger partial charge >= 0.3 is 0 Å². The maximum Gasteiger partial charge on any atom is 0.134 e. The molecule has 0 heterocycles. The fourth-order valence-corrected chi connectivity index (χ4v) is 0.796. The van der Waals surface area contributed by atoms with E-state index in [0.717, 1.165) is 0 Å². The lowest BCUT2D eigenvalue weighted by Crippen LogP contribution is -1.93. The average Bonchev–Trinajstić information content (AvgIpc) is 2.04. The molecule has 0 atom stereocenters. The first kappa shape index (κ1) is 8.44. The predicted molar refractivity (Wildman–Crippen MR) is 45.7 cm³/mol. The summed E-state index contributed by atoms with van der Waals surface area (Å²) in [6, 6.07) is 4.46. The van der Waals surface area contributed by atoms with E-state index in [1.807, 2.05) is 0 Å². The largest absolute Gasteiger partial charge is 0.507 e. The van der Waals surface area contributed by atoms with Crippen molar-refractivity contribution >= 4 is 0 Å². The van der Waals surface area contributed by atoms with Gasteiger partial charge in [0, 0.05) is 0 Å². The minimum absolute atomic E-state index is 0.0315. The lowest BCUT2D eigenvalue weighted by Gasteiger charge is -1.98. The molecule has 0 aromatic heterocycles. The third-order valence-electron chi connectivity index (χ3n) is 1.34. The molecule has 0 amide bonds. The average molecular weight is 163 g/mol. The molecule has 0 spiro atoms. The molecule has 3 nitrogen and oxygen atoms in total. The van der Waals surface area contributed by atoms with Crippen LogP contribution in [-0.2, 0) is 0 Å². The SMILES string of the molecule is NCC#Cc1c(O)cccc1O. The second kappa shape index (κ2) is 3.65. The fourth-order valence-electron chi connectivity index (χ4n) is 0.796. The van der Waals surface area contributed by atoms with E-state index in [-0.39, 0.29) is 23.6 Å². The molecule has 12 heavy (non-hydrogen) atoms. The predicted octanol–water partition coefficient (Wildman–Crippen LogP) is 0.408. The fraction of sp³-hybridized carbons (Fsp3) is 0.111. The molecule has 0 radical (unpaired) electrons. The van der Waals surface area contributed by atoms with E-state index in [9.17, 15) is 10.2 Å². The summed E-state index contributed by atoms with van der Waals surface area (Å²) in [5, 5.41) is 18.4. The van der Waals surface area contributed by atoms with Crippen LogP contribution >= 0.6 is 0 Å². The molecule has 1 rings (SSSR count). The Hall–Kier alpha value is -1.66. The van der Waals surface area contributed by atoms with Crippen molar-refractivity contribution in [1.82, 2.24) is 0 Å². The van der Waals surface area contributed by atoms with Crippen LogP contribution in [0, 0.1) is 11.8 Å². The highest BCUT2D eigenvalue weighted by atomic mass is 16.3. The molecular formula is C9H9NO2. The van der Waals surface area contributed by atoms with Gasteiger partial charge in [0.25, 0.3) is 0 Å². The highest BCUT2D eigenvalue weighted by Crippen LogP contribution is 2.24. The summed E-state index contributed by atoms with van der Waals surface area (Å²) in [6.45, 7) is 0.202. The van der Waals surface area contributed by atoms with Crippen molar-refractivity contribution in [2.45, 2.75) is 0 Å². The number of benzene rings is 1.